The highest BCUT2D eigenvalue weighted by Crippen LogP contribution is 2.43. The maximum Gasteiger partial charge on any atom is 0.407 e. The summed E-state index contributed by atoms with van der Waals surface area (Å²) in [5.74, 6) is 0.214. The first-order chi connectivity index (χ1) is 21.5. The van der Waals surface area contributed by atoms with E-state index in [1.54, 1.807) is 18.8 Å². The fourth-order valence-electron chi connectivity index (χ4n) is 7.15. The van der Waals surface area contributed by atoms with Gasteiger partial charge in [0.25, 0.3) is 0 Å². The SMILES string of the molecule is CCCC(CC(C#N)(c1ccccc1)C1CCN(C2CCN(c3ccc(Sc4ccccc4)cc3)CC2)CC1)OC(=O)NC. The zero-order valence-corrected chi connectivity index (χ0v) is 27.0. The van der Waals surface area contributed by atoms with Gasteiger partial charge in [0.05, 0.1) is 11.5 Å². The van der Waals surface area contributed by atoms with Crippen LogP contribution in [0.5, 0.6) is 0 Å². The number of nitrogens with zero attached hydrogens (tertiary/aromatic N) is 3. The van der Waals surface area contributed by atoms with E-state index in [9.17, 15) is 10.1 Å². The summed E-state index contributed by atoms with van der Waals surface area (Å²) in [6.45, 7) is 6.24. The highest BCUT2D eigenvalue weighted by Gasteiger charge is 2.45. The number of rotatable bonds is 11. The summed E-state index contributed by atoms with van der Waals surface area (Å²) >= 11 is 1.80. The second-order valence-electron chi connectivity index (χ2n) is 12.2. The molecule has 0 spiro atoms. The highest BCUT2D eigenvalue weighted by molar-refractivity contribution is 7.99. The zero-order valence-electron chi connectivity index (χ0n) is 26.2. The largest absolute Gasteiger partial charge is 0.446 e. The number of ether oxygens (including phenoxy) is 1. The van der Waals surface area contributed by atoms with E-state index < -0.39 is 11.5 Å². The zero-order chi connectivity index (χ0) is 30.8. The second kappa shape index (κ2) is 15.5. The first kappa shape index (κ1) is 31.9. The van der Waals surface area contributed by atoms with Gasteiger partial charge in [-0.1, -0.05) is 73.6 Å². The summed E-state index contributed by atoms with van der Waals surface area (Å²) in [6, 6.07) is 33.1. The van der Waals surface area contributed by atoms with Gasteiger partial charge in [-0.05, 0) is 93.1 Å². The van der Waals surface area contributed by atoms with Crippen LogP contribution in [-0.2, 0) is 10.2 Å². The molecule has 2 saturated heterocycles. The quantitative estimate of drug-likeness (QED) is 0.238. The van der Waals surface area contributed by atoms with Gasteiger partial charge in [0.2, 0.25) is 0 Å². The van der Waals surface area contributed by atoms with Gasteiger partial charge in [0, 0.05) is 48.1 Å². The number of hydrogen-bond donors (Lipinski definition) is 1. The van der Waals surface area contributed by atoms with Crippen LogP contribution < -0.4 is 10.2 Å². The van der Waals surface area contributed by atoms with Crippen molar-refractivity contribution in [2.45, 2.75) is 79.2 Å². The summed E-state index contributed by atoms with van der Waals surface area (Å²) in [5, 5.41) is 13.4. The third-order valence-corrected chi connectivity index (χ3v) is 10.5. The topological polar surface area (TPSA) is 68.6 Å². The smallest absolute Gasteiger partial charge is 0.407 e. The molecule has 0 aliphatic carbocycles. The summed E-state index contributed by atoms with van der Waals surface area (Å²) in [6.07, 6.45) is 5.71. The lowest BCUT2D eigenvalue weighted by Gasteiger charge is -2.46. The molecule has 6 nitrogen and oxygen atoms in total. The second-order valence-corrected chi connectivity index (χ2v) is 13.3. The van der Waals surface area contributed by atoms with E-state index in [2.05, 4.69) is 94.8 Å². The first-order valence-corrected chi connectivity index (χ1v) is 17.0. The molecule has 2 heterocycles. The Balaban J connectivity index is 1.19. The van der Waals surface area contributed by atoms with Crippen molar-refractivity contribution in [3.8, 4) is 6.07 Å². The molecule has 1 amide bonds. The number of anilines is 1. The molecule has 2 fully saturated rings. The summed E-state index contributed by atoms with van der Waals surface area (Å²) in [5.41, 5.74) is 1.67. The molecular formula is C37H46N4O2S. The van der Waals surface area contributed by atoms with Gasteiger partial charge < -0.3 is 19.9 Å². The van der Waals surface area contributed by atoms with Crippen molar-refractivity contribution >= 4 is 23.5 Å². The monoisotopic (exact) mass is 610 g/mol. The lowest BCUT2D eigenvalue weighted by molar-refractivity contribution is 0.0517. The van der Waals surface area contributed by atoms with Crippen LogP contribution in [0.3, 0.4) is 0 Å². The molecule has 0 aromatic heterocycles. The predicted molar refractivity (Wildman–Crippen MR) is 179 cm³/mol. The van der Waals surface area contributed by atoms with Gasteiger partial charge in [-0.15, -0.1) is 0 Å². The fraction of sp³-hybridized carbons (Fsp3) is 0.459. The number of amides is 1. The molecule has 0 saturated carbocycles. The van der Waals surface area contributed by atoms with Crippen molar-refractivity contribution in [3.05, 3.63) is 90.5 Å². The number of likely N-dealkylation sites (tertiary alicyclic amines) is 1. The van der Waals surface area contributed by atoms with Crippen molar-refractivity contribution < 1.29 is 9.53 Å². The molecule has 7 heteroatoms. The van der Waals surface area contributed by atoms with E-state index in [1.807, 2.05) is 18.2 Å². The Kier molecular flexibility index (Phi) is 11.3. The van der Waals surface area contributed by atoms with E-state index in [0.29, 0.717) is 12.5 Å². The Morgan fingerprint density at radius 2 is 1.55 bits per heavy atom. The first-order valence-electron chi connectivity index (χ1n) is 16.2. The number of piperidine rings is 2. The van der Waals surface area contributed by atoms with Gasteiger partial charge >= 0.3 is 6.09 Å². The van der Waals surface area contributed by atoms with Crippen molar-refractivity contribution in [1.29, 1.82) is 5.26 Å². The van der Waals surface area contributed by atoms with E-state index in [0.717, 1.165) is 70.3 Å². The van der Waals surface area contributed by atoms with E-state index in [1.165, 1.54) is 15.5 Å². The minimum Gasteiger partial charge on any atom is -0.446 e. The molecule has 2 aliphatic heterocycles. The predicted octanol–water partition coefficient (Wildman–Crippen LogP) is 7.89. The van der Waals surface area contributed by atoms with Crippen molar-refractivity contribution in [3.63, 3.8) is 0 Å². The van der Waals surface area contributed by atoms with Gasteiger partial charge in [0.1, 0.15) is 6.10 Å². The Morgan fingerprint density at radius 1 is 0.932 bits per heavy atom. The maximum atomic E-state index is 12.2. The van der Waals surface area contributed by atoms with Crippen molar-refractivity contribution in [2.24, 2.45) is 5.92 Å². The molecule has 2 atom stereocenters. The number of hydrogen-bond acceptors (Lipinski definition) is 6. The van der Waals surface area contributed by atoms with E-state index in [-0.39, 0.29) is 12.0 Å². The fourth-order valence-corrected chi connectivity index (χ4v) is 7.99. The van der Waals surface area contributed by atoms with Crippen LogP contribution in [0.4, 0.5) is 10.5 Å². The molecule has 1 N–H and O–H groups in total. The number of carbonyl (C=O) groups excluding carboxylic acids is 1. The van der Waals surface area contributed by atoms with E-state index >= 15 is 0 Å². The van der Waals surface area contributed by atoms with Gasteiger partial charge in [-0.3, -0.25) is 0 Å². The lowest BCUT2D eigenvalue weighted by atomic mass is 9.64. The number of nitrogens with one attached hydrogen (secondary N) is 1. The minimum atomic E-state index is -0.685. The molecule has 0 radical (unpaired) electrons. The number of carbonyl (C=O) groups is 1. The molecule has 44 heavy (non-hydrogen) atoms. The number of alkyl carbamates (subject to hydrolysis) is 1. The summed E-state index contributed by atoms with van der Waals surface area (Å²) < 4.78 is 5.79. The molecule has 5 rings (SSSR count). The maximum absolute atomic E-state index is 12.2. The molecule has 232 valence electrons. The van der Waals surface area contributed by atoms with E-state index in [4.69, 9.17) is 4.74 Å². The van der Waals surface area contributed by atoms with Crippen LogP contribution in [0.1, 0.15) is 57.4 Å². The van der Waals surface area contributed by atoms with Crippen molar-refractivity contribution in [2.75, 3.05) is 38.1 Å². The molecule has 2 unspecified atom stereocenters. The average molecular weight is 611 g/mol. The van der Waals surface area contributed by atoms with Crippen LogP contribution in [0.25, 0.3) is 0 Å². The lowest BCUT2D eigenvalue weighted by Crippen LogP contribution is -2.50. The highest BCUT2D eigenvalue weighted by atomic mass is 32.2. The average Bonchev–Trinajstić information content (AvgIpc) is 3.08. The Bertz CT molecular complexity index is 1350. The minimum absolute atomic E-state index is 0.214. The molecular weight excluding hydrogens is 565 g/mol. The molecule has 3 aromatic rings. The van der Waals surface area contributed by atoms with Gasteiger partial charge in [-0.25, -0.2) is 4.79 Å². The van der Waals surface area contributed by atoms with Crippen LogP contribution in [-0.4, -0.2) is 56.4 Å². The molecule has 3 aromatic carbocycles. The van der Waals surface area contributed by atoms with Crippen LogP contribution in [0, 0.1) is 17.2 Å². The normalized spacial score (nSPS) is 18.6. The molecule has 2 aliphatic rings. The third kappa shape index (κ3) is 7.78. The number of benzene rings is 3. The van der Waals surface area contributed by atoms with Crippen LogP contribution >= 0.6 is 11.8 Å². The van der Waals surface area contributed by atoms with Gasteiger partial charge in [0.15, 0.2) is 0 Å². The third-order valence-electron chi connectivity index (χ3n) is 9.51. The van der Waals surface area contributed by atoms with Crippen molar-refractivity contribution in [1.82, 2.24) is 10.2 Å². The Morgan fingerprint density at radius 3 is 2.14 bits per heavy atom. The molecule has 0 bridgehead atoms. The summed E-state index contributed by atoms with van der Waals surface area (Å²) in [7, 11) is 1.59. The van der Waals surface area contributed by atoms with Crippen LogP contribution in [0.15, 0.2) is 94.7 Å². The summed E-state index contributed by atoms with van der Waals surface area (Å²) in [4.78, 5) is 19.9. The standard InChI is InChI=1S/C37H46N4O2S/c1-3-10-33(43-36(42)39-2)27-37(28-38,29-11-6-4-7-12-29)30-19-23-40(24-20-30)32-21-25-41(26-22-32)31-15-17-35(18-16-31)44-34-13-8-5-9-14-34/h4-9,11-18,30,32-33H,3,10,19-27H2,1-2H3,(H,39,42). The van der Waals surface area contributed by atoms with Crippen LogP contribution in [0.2, 0.25) is 0 Å². The number of nitriles is 1. The Labute approximate surface area is 267 Å². The van der Waals surface area contributed by atoms with Gasteiger partial charge in [-0.2, -0.15) is 5.26 Å². The Hall–Kier alpha value is -3.47.